The number of benzene rings is 3. The monoisotopic (exact) mass is 478 g/mol. The van der Waals surface area contributed by atoms with Gasteiger partial charge in [-0.05, 0) is 41.0 Å². The Balaban J connectivity index is 1.62. The van der Waals surface area contributed by atoms with E-state index in [1.54, 1.807) is 24.3 Å². The summed E-state index contributed by atoms with van der Waals surface area (Å²) in [5.41, 5.74) is 2.34. The molecule has 0 saturated carbocycles. The molecule has 3 rings (SSSR count). The molecule has 0 aromatic heterocycles. The number of amides is 2. The van der Waals surface area contributed by atoms with Crippen molar-refractivity contribution in [2.75, 3.05) is 0 Å². The van der Waals surface area contributed by atoms with E-state index in [1.165, 1.54) is 31.2 Å². The molecule has 2 amide bonds. The van der Waals surface area contributed by atoms with Gasteiger partial charge in [0, 0.05) is 19.8 Å². The topological polar surface area (TPSA) is 105 Å². The van der Waals surface area contributed by atoms with Gasteiger partial charge in [-0.2, -0.15) is 0 Å². The molecule has 0 unspecified atom stereocenters. The highest BCUT2D eigenvalue weighted by molar-refractivity contribution is 5.90. The number of carbonyl (C=O) groups excluding carboxylic acids is 2. The second-order valence-corrected chi connectivity index (χ2v) is 8.11. The number of hydrogen-bond acceptors (Lipinski definition) is 4. The molecule has 3 N–H and O–H groups in total. The molecular formula is C27H27FN2O5. The number of halogens is 1. The first kappa shape index (κ1) is 25.4. The fraction of sp³-hybridized carbons (Fsp3) is 0.222. The van der Waals surface area contributed by atoms with E-state index in [-0.39, 0.29) is 12.8 Å². The number of nitrogens with one attached hydrogen (secondary N) is 2. The molecule has 35 heavy (non-hydrogen) atoms. The molecule has 0 aliphatic heterocycles. The van der Waals surface area contributed by atoms with Gasteiger partial charge in [-0.15, -0.1) is 0 Å². The van der Waals surface area contributed by atoms with Crippen LogP contribution in [0.3, 0.4) is 0 Å². The summed E-state index contributed by atoms with van der Waals surface area (Å²) in [6, 6.07) is 20.0. The van der Waals surface area contributed by atoms with Gasteiger partial charge >= 0.3 is 5.97 Å². The maximum absolute atomic E-state index is 13.2. The fourth-order valence-corrected chi connectivity index (χ4v) is 3.48. The van der Waals surface area contributed by atoms with Gasteiger partial charge in [0.2, 0.25) is 11.8 Å². The van der Waals surface area contributed by atoms with Crippen LogP contribution in [0.5, 0.6) is 5.75 Å². The van der Waals surface area contributed by atoms with Crippen LogP contribution in [-0.2, 0) is 33.8 Å². The minimum atomic E-state index is -1.21. The van der Waals surface area contributed by atoms with Gasteiger partial charge in [0.1, 0.15) is 30.3 Å². The standard InChI is InChI=1S/C27H27FN2O5/c1-18(31)29-24(15-19-7-11-22(28)12-8-19)26(32)30-25(27(33)34)16-20-9-13-23(14-10-20)35-17-21-5-3-2-4-6-21/h2-14,24-25H,15-17H2,1H3,(H,29,31)(H,30,32)(H,33,34)/t24-,25-/m0/s1. The Bertz CT molecular complexity index is 1130. The summed E-state index contributed by atoms with van der Waals surface area (Å²) in [7, 11) is 0. The molecule has 0 bridgehead atoms. The van der Waals surface area contributed by atoms with Crippen LogP contribution in [0.25, 0.3) is 0 Å². The zero-order valence-corrected chi connectivity index (χ0v) is 19.2. The van der Waals surface area contributed by atoms with Crippen molar-refractivity contribution in [3.63, 3.8) is 0 Å². The predicted molar refractivity (Wildman–Crippen MR) is 128 cm³/mol. The Kier molecular flexibility index (Phi) is 8.95. The summed E-state index contributed by atoms with van der Waals surface area (Å²) < 4.78 is 18.9. The van der Waals surface area contributed by atoms with Crippen molar-refractivity contribution >= 4 is 17.8 Å². The van der Waals surface area contributed by atoms with Crippen molar-refractivity contribution in [2.45, 2.75) is 38.5 Å². The Morgan fingerprint density at radius 3 is 1.94 bits per heavy atom. The van der Waals surface area contributed by atoms with Crippen LogP contribution < -0.4 is 15.4 Å². The van der Waals surface area contributed by atoms with Gasteiger partial charge < -0.3 is 20.5 Å². The number of ether oxygens (including phenoxy) is 1. The van der Waals surface area contributed by atoms with Crippen molar-refractivity contribution in [1.82, 2.24) is 10.6 Å². The van der Waals surface area contributed by atoms with Crippen LogP contribution >= 0.6 is 0 Å². The predicted octanol–water partition coefficient (Wildman–Crippen LogP) is 3.26. The van der Waals surface area contributed by atoms with Crippen molar-refractivity contribution in [1.29, 1.82) is 0 Å². The smallest absolute Gasteiger partial charge is 0.326 e. The van der Waals surface area contributed by atoms with Crippen LogP contribution in [0, 0.1) is 5.82 Å². The van der Waals surface area contributed by atoms with Crippen molar-refractivity contribution in [3.05, 3.63) is 101 Å². The molecule has 0 heterocycles. The lowest BCUT2D eigenvalue weighted by Crippen LogP contribution is -2.52. The summed E-state index contributed by atoms with van der Waals surface area (Å²) in [5, 5.41) is 14.7. The molecule has 0 fully saturated rings. The summed E-state index contributed by atoms with van der Waals surface area (Å²) in [5.74, 6) is -2.06. The van der Waals surface area contributed by atoms with Crippen LogP contribution in [0.15, 0.2) is 78.9 Å². The van der Waals surface area contributed by atoms with Gasteiger partial charge in [0.25, 0.3) is 0 Å². The lowest BCUT2D eigenvalue weighted by Gasteiger charge is -2.21. The van der Waals surface area contributed by atoms with E-state index >= 15 is 0 Å². The van der Waals surface area contributed by atoms with E-state index in [1.807, 2.05) is 30.3 Å². The Hall–Kier alpha value is -4.20. The summed E-state index contributed by atoms with van der Waals surface area (Å²) >= 11 is 0. The number of rotatable bonds is 11. The SMILES string of the molecule is CC(=O)N[C@@H](Cc1ccc(F)cc1)C(=O)N[C@@H](Cc1ccc(OCc2ccccc2)cc1)C(=O)O. The summed E-state index contributed by atoms with van der Waals surface area (Å²) in [4.78, 5) is 36.3. The number of carboxylic acid groups (broad SMARTS) is 1. The van der Waals surface area contributed by atoms with Gasteiger partial charge in [-0.25, -0.2) is 9.18 Å². The molecular weight excluding hydrogens is 451 g/mol. The van der Waals surface area contributed by atoms with Crippen molar-refractivity contribution in [2.24, 2.45) is 0 Å². The molecule has 3 aromatic rings. The third kappa shape index (κ3) is 8.26. The molecule has 182 valence electrons. The van der Waals surface area contributed by atoms with Gasteiger partial charge in [0.15, 0.2) is 0 Å². The van der Waals surface area contributed by atoms with Crippen molar-refractivity contribution < 1.29 is 28.6 Å². The molecule has 0 aliphatic carbocycles. The quantitative estimate of drug-likeness (QED) is 0.392. The number of carboxylic acids is 1. The second-order valence-electron chi connectivity index (χ2n) is 8.11. The third-order valence-corrected chi connectivity index (χ3v) is 5.27. The van der Waals surface area contributed by atoms with Crippen LogP contribution in [0.2, 0.25) is 0 Å². The highest BCUT2D eigenvalue weighted by atomic mass is 19.1. The third-order valence-electron chi connectivity index (χ3n) is 5.27. The minimum absolute atomic E-state index is 0.0450. The molecule has 0 aliphatic rings. The number of carbonyl (C=O) groups is 3. The minimum Gasteiger partial charge on any atom is -0.489 e. The first-order chi connectivity index (χ1) is 16.8. The zero-order valence-electron chi connectivity index (χ0n) is 19.2. The number of aliphatic carboxylic acids is 1. The van der Waals surface area contributed by atoms with Gasteiger partial charge in [0.05, 0.1) is 0 Å². The maximum atomic E-state index is 13.2. The first-order valence-corrected chi connectivity index (χ1v) is 11.1. The molecule has 8 heteroatoms. The lowest BCUT2D eigenvalue weighted by molar-refractivity contribution is -0.142. The molecule has 0 radical (unpaired) electrons. The first-order valence-electron chi connectivity index (χ1n) is 11.1. The normalized spacial score (nSPS) is 12.3. The largest absolute Gasteiger partial charge is 0.489 e. The van der Waals surface area contributed by atoms with Crippen molar-refractivity contribution in [3.8, 4) is 5.75 Å². The fourth-order valence-electron chi connectivity index (χ4n) is 3.48. The van der Waals surface area contributed by atoms with E-state index in [9.17, 15) is 23.9 Å². The maximum Gasteiger partial charge on any atom is 0.326 e. The van der Waals surface area contributed by atoms with Crippen LogP contribution in [0.1, 0.15) is 23.6 Å². The van der Waals surface area contributed by atoms with E-state index in [4.69, 9.17) is 4.74 Å². The Labute approximate surface area is 202 Å². The number of hydrogen-bond donors (Lipinski definition) is 3. The zero-order chi connectivity index (χ0) is 25.2. The van der Waals surface area contributed by atoms with E-state index in [0.29, 0.717) is 23.5 Å². The van der Waals surface area contributed by atoms with E-state index in [2.05, 4.69) is 10.6 Å². The lowest BCUT2D eigenvalue weighted by atomic mass is 10.0. The molecule has 3 aromatic carbocycles. The molecule has 0 spiro atoms. The molecule has 0 saturated heterocycles. The molecule has 2 atom stereocenters. The molecule has 7 nitrogen and oxygen atoms in total. The summed E-state index contributed by atoms with van der Waals surface area (Å²) in [6.07, 6.45) is 0.134. The summed E-state index contributed by atoms with van der Waals surface area (Å²) in [6.45, 7) is 1.67. The second kappa shape index (κ2) is 12.3. The van der Waals surface area contributed by atoms with E-state index < -0.39 is 35.7 Å². The van der Waals surface area contributed by atoms with Gasteiger partial charge in [-0.3, -0.25) is 9.59 Å². The average Bonchev–Trinajstić information content (AvgIpc) is 2.84. The van der Waals surface area contributed by atoms with Gasteiger partial charge in [-0.1, -0.05) is 54.6 Å². The average molecular weight is 479 g/mol. The highest BCUT2D eigenvalue weighted by Crippen LogP contribution is 2.16. The Morgan fingerprint density at radius 2 is 1.37 bits per heavy atom. The van der Waals surface area contributed by atoms with Crippen LogP contribution in [0.4, 0.5) is 4.39 Å². The highest BCUT2D eigenvalue weighted by Gasteiger charge is 2.26. The Morgan fingerprint density at radius 1 is 0.800 bits per heavy atom. The van der Waals surface area contributed by atoms with E-state index in [0.717, 1.165) is 5.56 Å². The van der Waals surface area contributed by atoms with Crippen LogP contribution in [-0.4, -0.2) is 35.0 Å².